The van der Waals surface area contributed by atoms with Gasteiger partial charge in [0.15, 0.2) is 29.2 Å². The number of carbonyl (C=O) groups excluding carboxylic acids is 2. The second kappa shape index (κ2) is 7.38. The molecule has 6 nitrogen and oxygen atoms in total. The summed E-state index contributed by atoms with van der Waals surface area (Å²) < 4.78 is 42.0. The molecule has 0 saturated heterocycles. The fourth-order valence-electron chi connectivity index (χ4n) is 2.26. The number of carbonyl (C=O) groups is 2. The summed E-state index contributed by atoms with van der Waals surface area (Å²) in [6, 6.07) is 9.76. The summed E-state index contributed by atoms with van der Waals surface area (Å²) in [5.74, 6) is -2.68. The zero-order valence-corrected chi connectivity index (χ0v) is 13.7. The van der Waals surface area contributed by atoms with Crippen LogP contribution in [0.15, 0.2) is 42.5 Å². The number of fused-ring (bicyclic) bond motifs is 1. The van der Waals surface area contributed by atoms with Gasteiger partial charge in [-0.25, -0.2) is 13.6 Å². The van der Waals surface area contributed by atoms with Gasteiger partial charge < -0.3 is 19.5 Å². The lowest BCUT2D eigenvalue weighted by Gasteiger charge is -2.25. The number of ether oxygens (including phenoxy) is 3. The van der Waals surface area contributed by atoms with Crippen LogP contribution in [0.2, 0.25) is 0 Å². The van der Waals surface area contributed by atoms with Crippen molar-refractivity contribution in [2.45, 2.75) is 19.1 Å². The van der Waals surface area contributed by atoms with Gasteiger partial charge in [0.1, 0.15) is 6.61 Å². The highest BCUT2D eigenvalue weighted by atomic mass is 19.2. The lowest BCUT2D eigenvalue weighted by Crippen LogP contribution is -2.41. The van der Waals surface area contributed by atoms with Crippen molar-refractivity contribution in [2.24, 2.45) is 0 Å². The van der Waals surface area contributed by atoms with Crippen LogP contribution in [0, 0.1) is 11.6 Å². The summed E-state index contributed by atoms with van der Waals surface area (Å²) in [5, 5.41) is 2.34. The third kappa shape index (κ3) is 3.90. The first-order valence-electron chi connectivity index (χ1n) is 7.79. The van der Waals surface area contributed by atoms with Crippen LogP contribution in [0.5, 0.6) is 11.5 Å². The topological polar surface area (TPSA) is 73.9 Å². The van der Waals surface area contributed by atoms with E-state index < -0.39 is 35.7 Å². The molecule has 1 amide bonds. The largest absolute Gasteiger partial charge is 0.485 e. The van der Waals surface area contributed by atoms with Gasteiger partial charge in [-0.2, -0.15) is 0 Å². The van der Waals surface area contributed by atoms with E-state index in [0.717, 1.165) is 12.1 Å². The minimum Gasteiger partial charge on any atom is -0.485 e. The molecule has 2 aromatic carbocycles. The molecule has 3 rings (SSSR count). The molecule has 0 aromatic heterocycles. The minimum atomic E-state index is -1.17. The van der Waals surface area contributed by atoms with E-state index in [1.807, 2.05) is 0 Å². The highest BCUT2D eigenvalue weighted by Crippen LogP contribution is 2.31. The van der Waals surface area contributed by atoms with Crippen molar-refractivity contribution in [3.05, 3.63) is 54.1 Å². The molecule has 1 N–H and O–H groups in total. The number of anilines is 1. The average molecular weight is 363 g/mol. The molecule has 1 aliphatic heterocycles. The quantitative estimate of drug-likeness (QED) is 0.846. The van der Waals surface area contributed by atoms with E-state index in [9.17, 15) is 18.4 Å². The molecule has 0 unspecified atom stereocenters. The fraction of sp³-hybridized carbons (Fsp3) is 0.222. The number of para-hydroxylation sites is 2. The molecule has 0 fully saturated rings. The Hall–Kier alpha value is -3.16. The second-order valence-corrected chi connectivity index (χ2v) is 5.56. The van der Waals surface area contributed by atoms with Gasteiger partial charge in [-0.1, -0.05) is 12.1 Å². The van der Waals surface area contributed by atoms with Crippen molar-refractivity contribution >= 4 is 17.6 Å². The predicted molar refractivity (Wildman–Crippen MR) is 86.9 cm³/mol. The van der Waals surface area contributed by atoms with Crippen molar-refractivity contribution in [3.63, 3.8) is 0 Å². The van der Waals surface area contributed by atoms with Crippen LogP contribution in [-0.4, -0.2) is 30.7 Å². The molecule has 2 atom stereocenters. The third-order valence-corrected chi connectivity index (χ3v) is 3.62. The molecule has 0 aliphatic carbocycles. The van der Waals surface area contributed by atoms with Gasteiger partial charge in [0.05, 0.1) is 0 Å². The van der Waals surface area contributed by atoms with Crippen molar-refractivity contribution in [1.29, 1.82) is 0 Å². The fourth-order valence-corrected chi connectivity index (χ4v) is 2.26. The van der Waals surface area contributed by atoms with Gasteiger partial charge in [0.25, 0.3) is 5.91 Å². The van der Waals surface area contributed by atoms with E-state index in [4.69, 9.17) is 14.2 Å². The van der Waals surface area contributed by atoms with Crippen LogP contribution in [0.25, 0.3) is 0 Å². The molecule has 0 radical (unpaired) electrons. The molecule has 0 spiro atoms. The monoisotopic (exact) mass is 363 g/mol. The Morgan fingerprint density at radius 3 is 2.62 bits per heavy atom. The summed E-state index contributed by atoms with van der Waals surface area (Å²) in [7, 11) is 0. The zero-order valence-electron chi connectivity index (χ0n) is 13.7. The highest BCUT2D eigenvalue weighted by molar-refractivity contribution is 5.95. The van der Waals surface area contributed by atoms with Gasteiger partial charge in [-0.15, -0.1) is 0 Å². The molecular weight excluding hydrogens is 348 g/mol. The maximum atomic E-state index is 13.2. The van der Waals surface area contributed by atoms with Crippen LogP contribution in [-0.2, 0) is 14.3 Å². The summed E-state index contributed by atoms with van der Waals surface area (Å²) in [4.78, 5) is 24.2. The molecule has 0 bridgehead atoms. The molecule has 1 aliphatic rings. The van der Waals surface area contributed by atoms with Crippen molar-refractivity contribution in [1.82, 2.24) is 0 Å². The first-order valence-corrected chi connectivity index (χ1v) is 7.79. The minimum absolute atomic E-state index is 0.0444. The molecule has 26 heavy (non-hydrogen) atoms. The van der Waals surface area contributed by atoms with Gasteiger partial charge in [-0.05, 0) is 31.2 Å². The number of benzene rings is 2. The summed E-state index contributed by atoms with van der Waals surface area (Å²) >= 11 is 0. The second-order valence-electron chi connectivity index (χ2n) is 5.56. The van der Waals surface area contributed by atoms with Crippen molar-refractivity contribution in [2.75, 3.05) is 11.9 Å². The van der Waals surface area contributed by atoms with Crippen molar-refractivity contribution < 1.29 is 32.6 Å². The summed E-state index contributed by atoms with van der Waals surface area (Å²) in [6.07, 6.45) is -2.18. The molecule has 2 aromatic rings. The number of rotatable bonds is 4. The maximum absolute atomic E-state index is 13.2. The van der Waals surface area contributed by atoms with E-state index in [0.29, 0.717) is 11.5 Å². The van der Waals surface area contributed by atoms with E-state index >= 15 is 0 Å². The SMILES string of the molecule is C[C@H](OC(=O)[C@H]1COc2ccccc2O1)C(=O)Nc1ccc(F)c(F)c1. The Bertz CT molecular complexity index is 842. The van der Waals surface area contributed by atoms with Crippen LogP contribution >= 0.6 is 0 Å². The summed E-state index contributed by atoms with van der Waals surface area (Å²) in [5.41, 5.74) is 0.0444. The molecule has 136 valence electrons. The van der Waals surface area contributed by atoms with E-state index in [1.54, 1.807) is 24.3 Å². The van der Waals surface area contributed by atoms with Gasteiger partial charge in [0, 0.05) is 11.8 Å². The van der Waals surface area contributed by atoms with Gasteiger partial charge >= 0.3 is 5.97 Å². The van der Waals surface area contributed by atoms with Gasteiger partial charge in [-0.3, -0.25) is 4.79 Å². The Morgan fingerprint density at radius 1 is 1.15 bits per heavy atom. The highest BCUT2D eigenvalue weighted by Gasteiger charge is 2.31. The number of esters is 1. The number of hydrogen-bond donors (Lipinski definition) is 1. The number of halogens is 2. The van der Waals surface area contributed by atoms with E-state index in [2.05, 4.69) is 5.32 Å². The predicted octanol–water partition coefficient (Wildman–Crippen LogP) is 2.67. The average Bonchev–Trinajstić information content (AvgIpc) is 2.64. The van der Waals surface area contributed by atoms with Crippen LogP contribution < -0.4 is 14.8 Å². The Kier molecular flexibility index (Phi) is 5.01. The first kappa shape index (κ1) is 17.7. The van der Waals surface area contributed by atoms with Crippen LogP contribution in [0.1, 0.15) is 6.92 Å². The lowest BCUT2D eigenvalue weighted by atomic mass is 10.2. The summed E-state index contributed by atoms with van der Waals surface area (Å²) in [6.45, 7) is 1.30. The molecule has 1 heterocycles. The van der Waals surface area contributed by atoms with Crippen LogP contribution in [0.4, 0.5) is 14.5 Å². The lowest BCUT2D eigenvalue weighted by molar-refractivity contribution is -0.162. The molecule has 0 saturated carbocycles. The Labute approximate surface area is 147 Å². The van der Waals surface area contributed by atoms with Crippen LogP contribution in [0.3, 0.4) is 0 Å². The third-order valence-electron chi connectivity index (χ3n) is 3.62. The Balaban J connectivity index is 1.57. The standard InChI is InChI=1S/C18H15F2NO5/c1-10(17(22)21-11-6-7-12(19)13(20)8-11)25-18(23)16-9-24-14-4-2-3-5-15(14)26-16/h2-8,10,16H,9H2,1H3,(H,21,22)/t10-,16+/m0/s1. The normalized spacial score (nSPS) is 16.5. The number of hydrogen-bond acceptors (Lipinski definition) is 5. The maximum Gasteiger partial charge on any atom is 0.351 e. The van der Waals surface area contributed by atoms with E-state index in [-0.39, 0.29) is 12.3 Å². The van der Waals surface area contributed by atoms with Crippen molar-refractivity contribution in [3.8, 4) is 11.5 Å². The molecular formula is C18H15F2NO5. The number of amides is 1. The van der Waals surface area contributed by atoms with E-state index in [1.165, 1.54) is 13.0 Å². The zero-order chi connectivity index (χ0) is 18.7. The molecule has 8 heteroatoms. The smallest absolute Gasteiger partial charge is 0.351 e. The number of nitrogens with one attached hydrogen (secondary N) is 1. The van der Waals surface area contributed by atoms with Gasteiger partial charge in [0.2, 0.25) is 6.10 Å². The first-order chi connectivity index (χ1) is 12.4. The Morgan fingerprint density at radius 2 is 1.88 bits per heavy atom.